The summed E-state index contributed by atoms with van der Waals surface area (Å²) in [5, 5.41) is -5.05. The second kappa shape index (κ2) is 6.84. The first-order chi connectivity index (χ1) is 10.4. The molecular weight excluding hydrogens is 338 g/mol. The zero-order valence-corrected chi connectivity index (χ0v) is 12.6. The Morgan fingerprint density at radius 3 is 2.22 bits per heavy atom. The number of carbonyl (C=O) groups is 2. The molecule has 1 aromatic carbocycles. The van der Waals surface area contributed by atoms with Crippen molar-refractivity contribution in [2.24, 2.45) is 0 Å². The predicted octanol–water partition coefficient (Wildman–Crippen LogP) is 1.69. The summed E-state index contributed by atoms with van der Waals surface area (Å²) < 4.78 is 63.8. The van der Waals surface area contributed by atoms with Gasteiger partial charge in [-0.1, -0.05) is 18.7 Å². The molecule has 0 bridgehead atoms. The monoisotopic (exact) mass is 350 g/mol. The van der Waals surface area contributed by atoms with Crippen LogP contribution in [-0.2, 0) is 31.1 Å². The molecule has 10 heteroatoms. The van der Waals surface area contributed by atoms with E-state index in [0.717, 1.165) is 0 Å². The maximum atomic E-state index is 12.9. The number of alkyl halides is 2. The van der Waals surface area contributed by atoms with E-state index >= 15 is 0 Å². The molecule has 0 unspecified atom stereocenters. The van der Waals surface area contributed by atoms with Crippen LogP contribution < -0.4 is 4.74 Å². The number of benzene rings is 1. The molecule has 0 spiro atoms. The lowest BCUT2D eigenvalue weighted by molar-refractivity contribution is -0.162. The van der Waals surface area contributed by atoms with Crippen molar-refractivity contribution >= 4 is 22.1 Å². The normalized spacial score (nSPS) is 11.7. The number of carbonyl (C=O) groups excluding carboxylic acids is 2. The van der Waals surface area contributed by atoms with Gasteiger partial charge in [-0.2, -0.15) is 17.2 Å². The number of hydrogen-bond donors (Lipinski definition) is 1. The van der Waals surface area contributed by atoms with Crippen LogP contribution in [0.1, 0.15) is 12.5 Å². The fourth-order valence-corrected chi connectivity index (χ4v) is 1.46. The molecule has 0 radical (unpaired) electrons. The van der Waals surface area contributed by atoms with Crippen LogP contribution in [0, 0.1) is 0 Å². The molecule has 0 aliphatic rings. The zero-order chi connectivity index (χ0) is 17.8. The zero-order valence-electron chi connectivity index (χ0n) is 11.8. The molecule has 1 aromatic rings. The topological polar surface area (TPSA) is 107 Å². The summed E-state index contributed by atoms with van der Waals surface area (Å²) in [6, 6.07) is 5.23. The van der Waals surface area contributed by atoms with E-state index < -0.39 is 33.9 Å². The van der Waals surface area contributed by atoms with E-state index in [9.17, 15) is 26.8 Å². The smallest absolute Gasteiger partial charge is 0.455 e. The third-order valence-corrected chi connectivity index (χ3v) is 3.23. The van der Waals surface area contributed by atoms with E-state index in [0.29, 0.717) is 0 Å². The van der Waals surface area contributed by atoms with Crippen LogP contribution in [0.4, 0.5) is 8.78 Å². The van der Waals surface area contributed by atoms with Gasteiger partial charge in [0.15, 0.2) is 0 Å². The third-order valence-electron chi connectivity index (χ3n) is 2.41. The molecule has 0 aliphatic carbocycles. The molecule has 7 nitrogen and oxygen atoms in total. The fourth-order valence-electron chi connectivity index (χ4n) is 1.19. The number of ether oxygens (including phenoxy) is 2. The van der Waals surface area contributed by atoms with Gasteiger partial charge in [-0.3, -0.25) is 4.55 Å². The minimum Gasteiger partial charge on any atom is -0.455 e. The fraction of sp³-hybridized carbons (Fsp3) is 0.231. The Hall–Kier alpha value is -2.33. The molecule has 1 N–H and O–H groups in total. The first-order valence-corrected chi connectivity index (χ1v) is 7.38. The average molecular weight is 350 g/mol. The van der Waals surface area contributed by atoms with E-state index in [1.54, 1.807) is 0 Å². The van der Waals surface area contributed by atoms with Crippen LogP contribution in [-0.4, -0.2) is 30.2 Å². The second-order valence-corrected chi connectivity index (χ2v) is 5.84. The summed E-state index contributed by atoms with van der Waals surface area (Å²) in [5.74, 6) is -2.91. The maximum absolute atomic E-state index is 12.9. The van der Waals surface area contributed by atoms with E-state index in [1.165, 1.54) is 31.2 Å². The molecule has 23 heavy (non-hydrogen) atoms. The van der Waals surface area contributed by atoms with Crippen molar-refractivity contribution in [1.29, 1.82) is 0 Å². The Balaban J connectivity index is 2.68. The van der Waals surface area contributed by atoms with Gasteiger partial charge >= 0.3 is 27.3 Å². The van der Waals surface area contributed by atoms with Crippen molar-refractivity contribution in [1.82, 2.24) is 0 Å². The highest BCUT2D eigenvalue weighted by Gasteiger charge is 2.54. The van der Waals surface area contributed by atoms with Crippen LogP contribution in [0.2, 0.25) is 0 Å². The average Bonchev–Trinajstić information content (AvgIpc) is 2.44. The molecular formula is C13H12F2O7S. The highest BCUT2D eigenvalue weighted by atomic mass is 32.2. The van der Waals surface area contributed by atoms with Crippen molar-refractivity contribution < 1.29 is 40.8 Å². The van der Waals surface area contributed by atoms with E-state index in [4.69, 9.17) is 9.29 Å². The quantitative estimate of drug-likeness (QED) is 0.360. The molecule has 0 saturated carbocycles. The Kier molecular flexibility index (Phi) is 5.56. The maximum Gasteiger partial charge on any atom is 0.465 e. The molecule has 0 amide bonds. The number of hydrogen-bond acceptors (Lipinski definition) is 6. The van der Waals surface area contributed by atoms with Crippen LogP contribution in [0.25, 0.3) is 0 Å². The van der Waals surface area contributed by atoms with Gasteiger partial charge in [0, 0.05) is 5.57 Å². The standard InChI is InChI=1S/C13H12F2O7S/c1-8(2)11(16)22-10-5-3-9(4-6-10)7-21-12(17)13(14,15)23(18,19)20/h3-6H,1,7H2,2H3,(H,18,19,20). The minimum atomic E-state index is -5.91. The Labute approximate surface area is 130 Å². The van der Waals surface area contributed by atoms with Crippen LogP contribution in [0.3, 0.4) is 0 Å². The van der Waals surface area contributed by atoms with Crippen molar-refractivity contribution in [3.63, 3.8) is 0 Å². The lowest BCUT2D eigenvalue weighted by Crippen LogP contribution is -2.38. The number of esters is 2. The first kappa shape index (κ1) is 18.7. The molecule has 0 aromatic heterocycles. The highest BCUT2D eigenvalue weighted by Crippen LogP contribution is 2.23. The van der Waals surface area contributed by atoms with E-state index in [-0.39, 0.29) is 16.9 Å². The molecule has 0 fully saturated rings. The minimum absolute atomic E-state index is 0.149. The van der Waals surface area contributed by atoms with Gasteiger partial charge in [-0.05, 0) is 24.6 Å². The summed E-state index contributed by atoms with van der Waals surface area (Å²) in [7, 11) is -5.91. The molecule has 1 rings (SSSR count). The predicted molar refractivity (Wildman–Crippen MR) is 73.2 cm³/mol. The third kappa shape index (κ3) is 4.83. The second-order valence-electron chi connectivity index (χ2n) is 4.38. The van der Waals surface area contributed by atoms with Crippen LogP contribution in [0.5, 0.6) is 5.75 Å². The lowest BCUT2D eigenvalue weighted by Gasteiger charge is -2.12. The van der Waals surface area contributed by atoms with Gasteiger partial charge < -0.3 is 9.47 Å². The summed E-state index contributed by atoms with van der Waals surface area (Å²) >= 11 is 0. The Morgan fingerprint density at radius 1 is 1.26 bits per heavy atom. The summed E-state index contributed by atoms with van der Waals surface area (Å²) in [4.78, 5) is 22.2. The Morgan fingerprint density at radius 2 is 1.78 bits per heavy atom. The van der Waals surface area contributed by atoms with Gasteiger partial charge in [0.05, 0.1) is 0 Å². The molecule has 126 valence electrons. The Bertz CT molecular complexity index is 723. The largest absolute Gasteiger partial charge is 0.465 e. The van der Waals surface area contributed by atoms with Gasteiger partial charge in [-0.25, -0.2) is 9.59 Å². The summed E-state index contributed by atoms with van der Waals surface area (Å²) in [6.45, 7) is 4.17. The number of rotatable bonds is 6. The first-order valence-electron chi connectivity index (χ1n) is 5.94. The highest BCUT2D eigenvalue weighted by molar-refractivity contribution is 7.87. The van der Waals surface area contributed by atoms with Gasteiger partial charge in [0.1, 0.15) is 12.4 Å². The number of halogens is 2. The molecule has 0 atom stereocenters. The van der Waals surface area contributed by atoms with Crippen molar-refractivity contribution in [3.8, 4) is 5.75 Å². The molecule has 0 heterocycles. The van der Waals surface area contributed by atoms with Crippen molar-refractivity contribution in [2.45, 2.75) is 18.8 Å². The van der Waals surface area contributed by atoms with Gasteiger partial charge in [0.25, 0.3) is 0 Å². The lowest BCUT2D eigenvalue weighted by atomic mass is 10.2. The van der Waals surface area contributed by atoms with E-state index in [2.05, 4.69) is 11.3 Å². The summed E-state index contributed by atoms with van der Waals surface area (Å²) in [6.07, 6.45) is 0. The molecule has 0 saturated heterocycles. The SMILES string of the molecule is C=C(C)C(=O)Oc1ccc(COC(=O)C(F)(F)S(=O)(=O)O)cc1. The van der Waals surface area contributed by atoms with Crippen LogP contribution in [0.15, 0.2) is 36.4 Å². The van der Waals surface area contributed by atoms with Crippen LogP contribution >= 0.6 is 0 Å². The summed E-state index contributed by atoms with van der Waals surface area (Å²) in [5.41, 5.74) is 0.398. The van der Waals surface area contributed by atoms with Crippen molar-refractivity contribution in [2.75, 3.05) is 0 Å². The van der Waals surface area contributed by atoms with Gasteiger partial charge in [-0.15, -0.1) is 0 Å². The van der Waals surface area contributed by atoms with Crippen molar-refractivity contribution in [3.05, 3.63) is 42.0 Å². The van der Waals surface area contributed by atoms with Gasteiger partial charge in [0.2, 0.25) is 0 Å². The molecule has 0 aliphatic heterocycles. The van der Waals surface area contributed by atoms with E-state index in [1.807, 2.05) is 0 Å².